The van der Waals surface area contributed by atoms with E-state index in [0.29, 0.717) is 0 Å². The highest BCUT2D eigenvalue weighted by atomic mass is 16.4. The van der Waals surface area contributed by atoms with Gasteiger partial charge in [0, 0.05) is 0 Å². The molecular weight excluding hydrogens is 394 g/mol. The van der Waals surface area contributed by atoms with Gasteiger partial charge in [-0.15, -0.1) is 0 Å². The van der Waals surface area contributed by atoms with Crippen LogP contribution in [0.2, 0.25) is 0 Å². The van der Waals surface area contributed by atoms with Crippen LogP contribution in [0.25, 0.3) is 0 Å². The van der Waals surface area contributed by atoms with E-state index in [1.165, 1.54) is 0 Å². The number of carboxylic acids is 1. The van der Waals surface area contributed by atoms with Crippen molar-refractivity contribution in [3.8, 4) is 0 Å². The molecule has 0 radical (unpaired) electrons. The van der Waals surface area contributed by atoms with E-state index in [0.717, 1.165) is 0 Å². The van der Waals surface area contributed by atoms with Crippen LogP contribution >= 0.6 is 0 Å². The first kappa shape index (κ1) is 25.2. The average molecular weight is 417 g/mol. The molecular formula is C14H23N7O8. The van der Waals surface area contributed by atoms with Crippen molar-refractivity contribution in [1.29, 1.82) is 0 Å². The van der Waals surface area contributed by atoms with Gasteiger partial charge >= 0.3 is 5.97 Å². The normalized spacial score (nSPS) is 10.8. The Morgan fingerprint density at radius 3 is 1.41 bits per heavy atom. The first-order valence-electron chi connectivity index (χ1n) is 8.12. The molecule has 29 heavy (non-hydrogen) atoms. The molecule has 0 aliphatic rings. The number of amides is 6. The maximum absolute atomic E-state index is 11.6. The van der Waals surface area contributed by atoms with Crippen LogP contribution in [0, 0.1) is 0 Å². The van der Waals surface area contributed by atoms with Gasteiger partial charge in [0.15, 0.2) is 0 Å². The summed E-state index contributed by atoms with van der Waals surface area (Å²) in [4.78, 5) is 78.5. The van der Waals surface area contributed by atoms with Crippen molar-refractivity contribution in [3.63, 3.8) is 0 Å². The average Bonchev–Trinajstić information content (AvgIpc) is 2.66. The number of carbonyl (C=O) groups excluding carboxylic acids is 6. The van der Waals surface area contributed by atoms with Gasteiger partial charge in [-0.3, -0.25) is 28.8 Å². The van der Waals surface area contributed by atoms with E-state index < -0.39 is 73.5 Å². The van der Waals surface area contributed by atoms with Crippen LogP contribution in [0.15, 0.2) is 0 Å². The lowest BCUT2D eigenvalue weighted by Crippen LogP contribution is -2.48. The fourth-order valence-corrected chi connectivity index (χ4v) is 1.62. The van der Waals surface area contributed by atoms with Crippen LogP contribution in [0.4, 0.5) is 0 Å². The molecule has 0 aromatic rings. The summed E-state index contributed by atoms with van der Waals surface area (Å²) in [5.41, 5.74) is 9.90. The van der Waals surface area contributed by atoms with Crippen molar-refractivity contribution in [2.24, 2.45) is 11.5 Å². The molecule has 0 rings (SSSR count). The van der Waals surface area contributed by atoms with Crippen molar-refractivity contribution < 1.29 is 38.7 Å². The van der Waals surface area contributed by atoms with E-state index in [9.17, 15) is 33.6 Å². The standard InChI is InChI=1S/C14H23N7O8/c15-2-9(23)17-3-10(24)18-4-11(25)19-5-12(26)20-6-13(27)21-7(14(28)29)1-8(16)22/h7H,1-6,15H2,(H2,16,22)(H,17,23)(H,18,24)(H,19,25)(H,20,26)(H,21,27)(H,28,29)/t7-/m0/s1. The van der Waals surface area contributed by atoms with Crippen molar-refractivity contribution in [3.05, 3.63) is 0 Å². The Hall–Kier alpha value is -3.75. The summed E-state index contributed by atoms with van der Waals surface area (Å²) in [6, 6.07) is -1.53. The van der Waals surface area contributed by atoms with E-state index in [1.807, 2.05) is 5.32 Å². The molecule has 162 valence electrons. The summed E-state index contributed by atoms with van der Waals surface area (Å²) in [7, 11) is 0. The molecule has 0 saturated heterocycles. The summed E-state index contributed by atoms with van der Waals surface area (Å²) < 4.78 is 0. The number of hydrogen-bond donors (Lipinski definition) is 8. The molecule has 0 heterocycles. The first-order valence-corrected chi connectivity index (χ1v) is 8.12. The lowest BCUT2D eigenvalue weighted by atomic mass is 10.2. The third kappa shape index (κ3) is 13.1. The van der Waals surface area contributed by atoms with Crippen molar-refractivity contribution in [2.75, 3.05) is 32.7 Å². The van der Waals surface area contributed by atoms with Gasteiger partial charge in [0.1, 0.15) is 6.04 Å². The minimum atomic E-state index is -1.53. The van der Waals surface area contributed by atoms with E-state index in [-0.39, 0.29) is 13.1 Å². The number of carboxylic acid groups (broad SMARTS) is 1. The molecule has 0 fully saturated rings. The maximum Gasteiger partial charge on any atom is 0.326 e. The van der Waals surface area contributed by atoms with E-state index in [1.54, 1.807) is 0 Å². The summed E-state index contributed by atoms with van der Waals surface area (Å²) in [6.45, 7) is -2.24. The van der Waals surface area contributed by atoms with Crippen molar-refractivity contribution >= 4 is 41.4 Å². The maximum atomic E-state index is 11.6. The summed E-state index contributed by atoms with van der Waals surface area (Å²) >= 11 is 0. The van der Waals surface area contributed by atoms with Crippen LogP contribution in [0.5, 0.6) is 0 Å². The second-order valence-electron chi connectivity index (χ2n) is 5.44. The Bertz CT molecular complexity index is 666. The molecule has 0 bridgehead atoms. The Kier molecular flexibility index (Phi) is 11.7. The van der Waals surface area contributed by atoms with E-state index in [4.69, 9.17) is 16.6 Å². The molecule has 10 N–H and O–H groups in total. The predicted molar refractivity (Wildman–Crippen MR) is 94.5 cm³/mol. The molecule has 0 aromatic carbocycles. The second kappa shape index (κ2) is 13.4. The number of nitrogens with one attached hydrogen (secondary N) is 5. The number of nitrogens with two attached hydrogens (primary N) is 2. The fourth-order valence-electron chi connectivity index (χ4n) is 1.62. The number of rotatable bonds is 13. The third-order valence-corrected chi connectivity index (χ3v) is 3.01. The van der Waals surface area contributed by atoms with Gasteiger partial charge in [0.2, 0.25) is 35.4 Å². The molecule has 0 unspecified atom stereocenters. The largest absolute Gasteiger partial charge is 0.480 e. The van der Waals surface area contributed by atoms with Gasteiger partial charge in [0.25, 0.3) is 0 Å². The zero-order valence-electron chi connectivity index (χ0n) is 15.3. The van der Waals surface area contributed by atoms with E-state index in [2.05, 4.69) is 21.3 Å². The number of aliphatic carboxylic acids is 1. The van der Waals surface area contributed by atoms with Gasteiger partial charge in [-0.2, -0.15) is 0 Å². The Balaban J connectivity index is 4.07. The van der Waals surface area contributed by atoms with Crippen molar-refractivity contribution in [2.45, 2.75) is 12.5 Å². The molecule has 0 saturated carbocycles. The van der Waals surface area contributed by atoms with Gasteiger partial charge < -0.3 is 43.2 Å². The van der Waals surface area contributed by atoms with Gasteiger partial charge in [-0.05, 0) is 0 Å². The lowest BCUT2D eigenvalue weighted by molar-refractivity contribution is -0.143. The highest BCUT2D eigenvalue weighted by molar-refractivity contribution is 5.92. The van der Waals surface area contributed by atoms with Crippen LogP contribution in [0.1, 0.15) is 6.42 Å². The third-order valence-electron chi connectivity index (χ3n) is 3.01. The van der Waals surface area contributed by atoms with Gasteiger partial charge in [-0.1, -0.05) is 0 Å². The molecule has 1 atom stereocenters. The van der Waals surface area contributed by atoms with Crippen LogP contribution in [-0.2, 0) is 33.6 Å². The first-order chi connectivity index (χ1) is 13.5. The second-order valence-corrected chi connectivity index (χ2v) is 5.44. The van der Waals surface area contributed by atoms with Gasteiger partial charge in [0.05, 0.1) is 39.1 Å². The molecule has 0 spiro atoms. The summed E-state index contributed by atoms with van der Waals surface area (Å²) in [5, 5.41) is 19.5. The zero-order valence-corrected chi connectivity index (χ0v) is 15.3. The van der Waals surface area contributed by atoms with Crippen molar-refractivity contribution in [1.82, 2.24) is 26.6 Å². The monoisotopic (exact) mass is 417 g/mol. The molecule has 15 nitrogen and oxygen atoms in total. The van der Waals surface area contributed by atoms with Crippen LogP contribution in [0.3, 0.4) is 0 Å². The Labute approximate surface area is 164 Å². The smallest absolute Gasteiger partial charge is 0.326 e. The molecule has 0 aromatic heterocycles. The highest BCUT2D eigenvalue weighted by Crippen LogP contribution is 1.91. The minimum absolute atomic E-state index is 0.289. The zero-order chi connectivity index (χ0) is 22.4. The Morgan fingerprint density at radius 1 is 0.690 bits per heavy atom. The predicted octanol–water partition coefficient (Wildman–Crippen LogP) is -6.15. The SMILES string of the molecule is NCC(=O)NCC(=O)NCC(=O)NCC(=O)NCC(=O)N[C@@H](CC(N)=O)C(=O)O. The summed E-state index contributed by atoms with van der Waals surface area (Å²) in [5.74, 6) is -5.96. The lowest BCUT2D eigenvalue weighted by Gasteiger charge is -2.13. The van der Waals surface area contributed by atoms with Crippen LogP contribution < -0.4 is 38.1 Å². The van der Waals surface area contributed by atoms with Crippen LogP contribution in [-0.4, -0.2) is 85.3 Å². The molecule has 6 amide bonds. The topological polar surface area (TPSA) is 252 Å². The number of carbonyl (C=O) groups is 7. The quantitative estimate of drug-likeness (QED) is 0.142. The van der Waals surface area contributed by atoms with E-state index >= 15 is 0 Å². The highest BCUT2D eigenvalue weighted by Gasteiger charge is 2.22. The molecule has 0 aliphatic heterocycles. The van der Waals surface area contributed by atoms with Gasteiger partial charge in [-0.25, -0.2) is 4.79 Å². The Morgan fingerprint density at radius 2 is 1.07 bits per heavy atom. The molecule has 0 aliphatic carbocycles. The number of primary amides is 1. The minimum Gasteiger partial charge on any atom is -0.480 e. The molecule has 15 heteroatoms. The number of hydrogen-bond acceptors (Lipinski definition) is 8. The summed E-state index contributed by atoms with van der Waals surface area (Å²) in [6.07, 6.45) is -0.618. The fraction of sp³-hybridized carbons (Fsp3) is 0.500.